The molecule has 9 nitrogen and oxygen atoms in total. The lowest BCUT2D eigenvalue weighted by molar-refractivity contribution is -0.116. The smallest absolute Gasteiger partial charge is 0.387 e. The molecule has 2 rings (SSSR count). The van der Waals surface area contributed by atoms with Crippen LogP contribution in [0.4, 0.5) is 8.78 Å². The average Bonchev–Trinajstić information content (AvgIpc) is 2.67. The number of aliphatic imine (C=N–C) groups is 1. The van der Waals surface area contributed by atoms with E-state index in [0.717, 1.165) is 0 Å². The van der Waals surface area contributed by atoms with Crippen LogP contribution >= 0.6 is 11.6 Å². The predicted molar refractivity (Wildman–Crippen MR) is 106 cm³/mol. The van der Waals surface area contributed by atoms with Crippen LogP contribution in [0.3, 0.4) is 0 Å². The van der Waals surface area contributed by atoms with Crippen molar-refractivity contribution >= 4 is 41.5 Å². The Bertz CT molecular complexity index is 971. The molecule has 152 valence electrons. The minimum atomic E-state index is -3.13. The van der Waals surface area contributed by atoms with Crippen LogP contribution in [-0.4, -0.2) is 30.8 Å². The summed E-state index contributed by atoms with van der Waals surface area (Å²) in [5.41, 5.74) is 10.5. The van der Waals surface area contributed by atoms with E-state index in [1.807, 2.05) is 0 Å². The number of nitrogens with two attached hydrogens (primary N) is 2. The fourth-order valence-electron chi connectivity index (χ4n) is 2.24. The SMILES string of the molecule is N=CC(NC(=O)/C(C(=N)N)=C1\N=CC=CN1)=C(N)c1cc(Cl)ccc1OC(F)F. The number of carbonyl (C=O) groups is 1. The van der Waals surface area contributed by atoms with E-state index in [1.54, 1.807) is 6.08 Å². The Morgan fingerprint density at radius 1 is 1.38 bits per heavy atom. The monoisotopic (exact) mass is 423 g/mol. The molecule has 0 spiro atoms. The maximum absolute atomic E-state index is 12.7. The number of halogens is 3. The first-order valence-corrected chi connectivity index (χ1v) is 8.23. The number of hydrogen-bond acceptors (Lipinski definition) is 7. The van der Waals surface area contributed by atoms with Gasteiger partial charge >= 0.3 is 6.61 Å². The molecular weight excluding hydrogens is 408 g/mol. The largest absolute Gasteiger partial charge is 0.434 e. The molecule has 1 aliphatic heterocycles. The third kappa shape index (κ3) is 5.39. The van der Waals surface area contributed by atoms with E-state index in [2.05, 4.69) is 20.4 Å². The summed E-state index contributed by atoms with van der Waals surface area (Å²) in [7, 11) is 0. The van der Waals surface area contributed by atoms with Crippen molar-refractivity contribution < 1.29 is 18.3 Å². The van der Waals surface area contributed by atoms with E-state index in [0.29, 0.717) is 6.21 Å². The van der Waals surface area contributed by atoms with Crippen LogP contribution in [0.1, 0.15) is 5.56 Å². The highest BCUT2D eigenvalue weighted by atomic mass is 35.5. The molecule has 29 heavy (non-hydrogen) atoms. The van der Waals surface area contributed by atoms with Gasteiger partial charge in [0.05, 0.1) is 11.4 Å². The van der Waals surface area contributed by atoms with Crippen LogP contribution in [0.25, 0.3) is 5.70 Å². The van der Waals surface area contributed by atoms with Crippen LogP contribution in [0.15, 0.2) is 52.6 Å². The zero-order valence-electron chi connectivity index (χ0n) is 14.7. The van der Waals surface area contributed by atoms with Crippen molar-refractivity contribution in [2.45, 2.75) is 6.61 Å². The second-order valence-corrected chi connectivity index (χ2v) is 5.80. The third-order valence-electron chi connectivity index (χ3n) is 3.47. The van der Waals surface area contributed by atoms with E-state index >= 15 is 0 Å². The molecule has 0 saturated carbocycles. The average molecular weight is 424 g/mol. The quantitative estimate of drug-likeness (QED) is 0.223. The molecule has 0 fully saturated rings. The molecule has 1 aromatic rings. The van der Waals surface area contributed by atoms with Crippen molar-refractivity contribution in [2.24, 2.45) is 16.5 Å². The molecule has 12 heteroatoms. The Morgan fingerprint density at radius 2 is 2.10 bits per heavy atom. The fourth-order valence-corrected chi connectivity index (χ4v) is 2.41. The van der Waals surface area contributed by atoms with Crippen molar-refractivity contribution in [3.05, 3.63) is 58.2 Å². The highest BCUT2D eigenvalue weighted by molar-refractivity contribution is 6.30. The van der Waals surface area contributed by atoms with Gasteiger partial charge in [0.25, 0.3) is 5.91 Å². The van der Waals surface area contributed by atoms with Gasteiger partial charge < -0.3 is 32.2 Å². The Hall–Kier alpha value is -3.73. The molecule has 0 radical (unpaired) electrons. The molecule has 1 aliphatic rings. The first-order chi connectivity index (χ1) is 13.7. The second-order valence-electron chi connectivity index (χ2n) is 5.36. The van der Waals surface area contributed by atoms with Gasteiger partial charge in [-0.2, -0.15) is 8.78 Å². The van der Waals surface area contributed by atoms with Crippen LogP contribution < -0.4 is 26.8 Å². The molecular formula is C17H16ClF2N7O2. The highest BCUT2D eigenvalue weighted by Gasteiger charge is 2.22. The number of allylic oxidation sites excluding steroid dienone is 2. The number of alkyl halides is 2. The normalized spacial score (nSPS) is 15.3. The number of amides is 1. The van der Waals surface area contributed by atoms with Crippen molar-refractivity contribution in [2.75, 3.05) is 0 Å². The lowest BCUT2D eigenvalue weighted by Crippen LogP contribution is -2.35. The van der Waals surface area contributed by atoms with Gasteiger partial charge in [-0.1, -0.05) is 11.6 Å². The number of nitrogens with one attached hydrogen (secondary N) is 4. The van der Waals surface area contributed by atoms with E-state index < -0.39 is 18.4 Å². The van der Waals surface area contributed by atoms with Crippen LogP contribution in [0.2, 0.25) is 5.02 Å². The van der Waals surface area contributed by atoms with Gasteiger partial charge in [-0.15, -0.1) is 0 Å². The Morgan fingerprint density at radius 3 is 2.66 bits per heavy atom. The number of amidine groups is 1. The highest BCUT2D eigenvalue weighted by Crippen LogP contribution is 2.29. The molecule has 0 bridgehead atoms. The van der Waals surface area contributed by atoms with Gasteiger partial charge in [0.2, 0.25) is 0 Å². The number of rotatable bonds is 7. The second kappa shape index (κ2) is 9.46. The summed E-state index contributed by atoms with van der Waals surface area (Å²) in [5.74, 6) is -1.79. The topological polar surface area (TPSA) is 162 Å². The summed E-state index contributed by atoms with van der Waals surface area (Å²) in [4.78, 5) is 16.5. The summed E-state index contributed by atoms with van der Waals surface area (Å²) in [6, 6.07) is 3.74. The number of carbonyl (C=O) groups excluding carboxylic acids is 1. The van der Waals surface area contributed by atoms with Gasteiger partial charge in [-0.25, -0.2) is 4.99 Å². The predicted octanol–water partition coefficient (Wildman–Crippen LogP) is 1.67. The van der Waals surface area contributed by atoms with E-state index in [-0.39, 0.29) is 39.1 Å². The van der Waals surface area contributed by atoms with Crippen LogP contribution in [-0.2, 0) is 4.79 Å². The van der Waals surface area contributed by atoms with Crippen molar-refractivity contribution in [3.63, 3.8) is 0 Å². The molecule has 1 amide bonds. The molecule has 0 unspecified atom stereocenters. The van der Waals surface area contributed by atoms with Crippen molar-refractivity contribution in [1.29, 1.82) is 10.8 Å². The van der Waals surface area contributed by atoms with Crippen molar-refractivity contribution in [3.8, 4) is 5.75 Å². The molecule has 1 aromatic carbocycles. The van der Waals surface area contributed by atoms with Crippen molar-refractivity contribution in [1.82, 2.24) is 10.6 Å². The van der Waals surface area contributed by atoms with Gasteiger partial charge in [0.15, 0.2) is 0 Å². The molecule has 0 atom stereocenters. The van der Waals surface area contributed by atoms with Crippen LogP contribution in [0.5, 0.6) is 5.75 Å². The van der Waals surface area contributed by atoms with E-state index in [4.69, 9.17) is 33.9 Å². The maximum atomic E-state index is 12.7. The summed E-state index contributed by atoms with van der Waals surface area (Å²) in [6.45, 7) is -3.13. The minimum absolute atomic E-state index is 0.00452. The first-order valence-electron chi connectivity index (χ1n) is 7.85. The lowest BCUT2D eigenvalue weighted by Gasteiger charge is -2.16. The summed E-state index contributed by atoms with van der Waals surface area (Å²) in [6.07, 6.45) is 5.10. The molecule has 0 aliphatic carbocycles. The maximum Gasteiger partial charge on any atom is 0.387 e. The van der Waals surface area contributed by atoms with E-state index in [1.165, 1.54) is 30.6 Å². The molecule has 1 heterocycles. The Labute approximate surface area is 168 Å². The summed E-state index contributed by atoms with van der Waals surface area (Å²) < 4.78 is 29.7. The van der Waals surface area contributed by atoms with Gasteiger partial charge in [-0.05, 0) is 24.3 Å². The zero-order chi connectivity index (χ0) is 21.6. The van der Waals surface area contributed by atoms with E-state index in [9.17, 15) is 13.6 Å². The molecule has 0 aromatic heterocycles. The molecule has 0 saturated heterocycles. The van der Waals surface area contributed by atoms with Gasteiger partial charge in [0, 0.05) is 29.2 Å². The Kier molecular flexibility index (Phi) is 7.04. The summed E-state index contributed by atoms with van der Waals surface area (Å²) >= 11 is 5.90. The first kappa shape index (κ1) is 21.6. The third-order valence-corrected chi connectivity index (χ3v) is 3.70. The lowest BCUT2D eigenvalue weighted by atomic mass is 10.1. The zero-order valence-corrected chi connectivity index (χ0v) is 15.4. The Balaban J connectivity index is 2.46. The standard InChI is InChI=1S/C17H16ClF2N7O2/c18-8-2-3-11(29-17(19)20)9(6-8)13(22)10(7-21)27-16(28)12(14(23)24)15-25-4-1-5-26-15/h1-7,17,21,25H,22H2,(H3,23,24)(H,27,28)/b13-10?,15-12-,21-7?. The number of hydrogen-bond donors (Lipinski definition) is 6. The number of ether oxygens (including phenoxy) is 1. The minimum Gasteiger partial charge on any atom is -0.434 e. The summed E-state index contributed by atoms with van der Waals surface area (Å²) in [5, 5.41) is 20.3. The molecule has 8 N–H and O–H groups in total. The fraction of sp³-hybridized carbons (Fsp3) is 0.0588. The van der Waals surface area contributed by atoms with Gasteiger partial charge in [-0.3, -0.25) is 10.2 Å². The number of benzene rings is 1. The van der Waals surface area contributed by atoms with Crippen LogP contribution in [0, 0.1) is 10.8 Å². The number of nitrogens with zero attached hydrogens (tertiary/aromatic N) is 1. The van der Waals surface area contributed by atoms with Gasteiger partial charge in [0.1, 0.15) is 23.0 Å².